The van der Waals surface area contributed by atoms with Crippen molar-refractivity contribution in [3.63, 3.8) is 0 Å². The molecule has 1 aliphatic carbocycles. The lowest BCUT2D eigenvalue weighted by Crippen LogP contribution is -2.39. The van der Waals surface area contributed by atoms with Crippen molar-refractivity contribution >= 4 is 15.8 Å². The Morgan fingerprint density at radius 2 is 1.80 bits per heavy atom. The van der Waals surface area contributed by atoms with Crippen LogP contribution in [0.5, 0.6) is 11.5 Å². The van der Waals surface area contributed by atoms with E-state index in [9.17, 15) is 18.3 Å². The van der Waals surface area contributed by atoms with Crippen LogP contribution in [-0.4, -0.2) is 37.1 Å². The molecule has 0 spiro atoms. The SMILES string of the molecule is NC1(C(=O)O)C(c2ccc3c(c2)OCO3)C1S(=O)(=O)c1ccccc1. The molecular formula is C17H15NO6S. The molecule has 0 saturated heterocycles. The molecule has 0 amide bonds. The number of nitrogens with two attached hydrogens (primary N) is 1. The second-order valence-corrected chi connectivity index (χ2v) is 8.18. The molecule has 2 aliphatic rings. The predicted molar refractivity (Wildman–Crippen MR) is 87.3 cm³/mol. The molecular weight excluding hydrogens is 346 g/mol. The van der Waals surface area contributed by atoms with Gasteiger partial charge in [0.2, 0.25) is 6.79 Å². The van der Waals surface area contributed by atoms with Crippen LogP contribution in [0.2, 0.25) is 0 Å². The average Bonchev–Trinajstić information content (AvgIpc) is 3.01. The van der Waals surface area contributed by atoms with Crippen molar-refractivity contribution in [2.24, 2.45) is 5.73 Å². The van der Waals surface area contributed by atoms with Crippen molar-refractivity contribution in [1.82, 2.24) is 0 Å². The Morgan fingerprint density at radius 1 is 1.12 bits per heavy atom. The van der Waals surface area contributed by atoms with E-state index >= 15 is 0 Å². The third-order valence-corrected chi connectivity index (χ3v) is 6.97. The fourth-order valence-corrected chi connectivity index (χ4v) is 5.63. The fourth-order valence-electron chi connectivity index (χ4n) is 3.38. The monoisotopic (exact) mass is 361 g/mol. The number of rotatable bonds is 4. The molecule has 0 aromatic heterocycles. The van der Waals surface area contributed by atoms with Crippen molar-refractivity contribution in [2.75, 3.05) is 6.79 Å². The first-order chi connectivity index (χ1) is 11.9. The summed E-state index contributed by atoms with van der Waals surface area (Å²) in [6.07, 6.45) is 0. The second-order valence-electron chi connectivity index (χ2n) is 6.11. The van der Waals surface area contributed by atoms with Crippen LogP contribution in [0.25, 0.3) is 0 Å². The highest BCUT2D eigenvalue weighted by molar-refractivity contribution is 7.92. The number of carboxylic acids is 1. The summed E-state index contributed by atoms with van der Waals surface area (Å²) in [7, 11) is -3.91. The zero-order valence-corrected chi connectivity index (χ0v) is 13.8. The molecule has 3 atom stereocenters. The van der Waals surface area contributed by atoms with Crippen LogP contribution in [0.4, 0.5) is 0 Å². The molecule has 130 valence electrons. The maximum atomic E-state index is 12.9. The van der Waals surface area contributed by atoms with Crippen molar-refractivity contribution in [3.8, 4) is 11.5 Å². The molecule has 2 aromatic rings. The maximum Gasteiger partial charge on any atom is 0.325 e. The first kappa shape index (κ1) is 15.9. The fraction of sp³-hybridized carbons (Fsp3) is 0.235. The number of fused-ring (bicyclic) bond motifs is 1. The van der Waals surface area contributed by atoms with Gasteiger partial charge in [0.15, 0.2) is 21.3 Å². The molecule has 0 bridgehead atoms. The third-order valence-electron chi connectivity index (χ3n) is 4.71. The zero-order chi connectivity index (χ0) is 17.8. The lowest BCUT2D eigenvalue weighted by Gasteiger charge is -2.06. The highest BCUT2D eigenvalue weighted by Crippen LogP contribution is 2.56. The van der Waals surface area contributed by atoms with Gasteiger partial charge < -0.3 is 20.3 Å². The van der Waals surface area contributed by atoms with E-state index in [0.29, 0.717) is 17.1 Å². The van der Waals surface area contributed by atoms with Crippen LogP contribution in [-0.2, 0) is 14.6 Å². The summed E-state index contributed by atoms with van der Waals surface area (Å²) in [4.78, 5) is 11.8. The molecule has 1 aliphatic heterocycles. The Kier molecular flexibility index (Phi) is 3.32. The van der Waals surface area contributed by atoms with Crippen LogP contribution in [0.1, 0.15) is 11.5 Å². The lowest BCUT2D eigenvalue weighted by atomic mass is 10.1. The summed E-state index contributed by atoms with van der Waals surface area (Å²) in [6.45, 7) is 0.0713. The molecule has 25 heavy (non-hydrogen) atoms. The minimum Gasteiger partial charge on any atom is -0.480 e. The van der Waals surface area contributed by atoms with Gasteiger partial charge in [-0.2, -0.15) is 0 Å². The number of hydrogen-bond acceptors (Lipinski definition) is 6. The topological polar surface area (TPSA) is 116 Å². The van der Waals surface area contributed by atoms with Gasteiger partial charge in [-0.15, -0.1) is 0 Å². The predicted octanol–water partition coefficient (Wildman–Crippen LogP) is 1.14. The van der Waals surface area contributed by atoms with Gasteiger partial charge in [0.05, 0.1) is 4.90 Å². The van der Waals surface area contributed by atoms with Gasteiger partial charge in [0, 0.05) is 5.92 Å². The standard InChI is InChI=1S/C17H15NO6S/c18-17(16(19)20)14(10-6-7-12-13(8-10)24-9-23-12)15(17)25(21,22)11-4-2-1-3-5-11/h1-8,14-15H,9,18H2,(H,19,20). The molecule has 7 nitrogen and oxygen atoms in total. The van der Waals surface area contributed by atoms with Crippen LogP contribution in [0.3, 0.4) is 0 Å². The second kappa shape index (κ2) is 5.21. The normalized spacial score (nSPS) is 27.1. The van der Waals surface area contributed by atoms with E-state index in [4.69, 9.17) is 15.2 Å². The number of ether oxygens (including phenoxy) is 2. The molecule has 1 heterocycles. The van der Waals surface area contributed by atoms with Crippen molar-refractivity contribution in [1.29, 1.82) is 0 Å². The molecule has 8 heteroatoms. The number of carbonyl (C=O) groups is 1. The molecule has 4 rings (SSSR count). The van der Waals surface area contributed by atoms with Crippen LogP contribution in [0, 0.1) is 0 Å². The van der Waals surface area contributed by atoms with E-state index in [-0.39, 0.29) is 11.7 Å². The first-order valence-corrected chi connectivity index (χ1v) is 9.12. The quantitative estimate of drug-likeness (QED) is 0.839. The van der Waals surface area contributed by atoms with E-state index in [1.54, 1.807) is 36.4 Å². The number of carboxylic acid groups (broad SMARTS) is 1. The van der Waals surface area contributed by atoms with E-state index in [1.807, 2.05) is 0 Å². The Hall–Kier alpha value is -2.58. The molecule has 0 radical (unpaired) electrons. The van der Waals surface area contributed by atoms with Gasteiger partial charge in [-0.1, -0.05) is 24.3 Å². The average molecular weight is 361 g/mol. The summed E-state index contributed by atoms with van der Waals surface area (Å²) >= 11 is 0. The van der Waals surface area contributed by atoms with Gasteiger partial charge in [-0.25, -0.2) is 8.42 Å². The Morgan fingerprint density at radius 3 is 2.48 bits per heavy atom. The van der Waals surface area contributed by atoms with Crippen molar-refractivity contribution < 1.29 is 27.8 Å². The summed E-state index contributed by atoms with van der Waals surface area (Å²) in [5, 5.41) is 8.32. The van der Waals surface area contributed by atoms with E-state index in [0.717, 1.165) is 0 Å². The number of hydrogen-bond donors (Lipinski definition) is 2. The van der Waals surface area contributed by atoms with E-state index in [2.05, 4.69) is 0 Å². The highest BCUT2D eigenvalue weighted by atomic mass is 32.2. The minimum atomic E-state index is -3.91. The van der Waals surface area contributed by atoms with Crippen LogP contribution < -0.4 is 15.2 Å². The van der Waals surface area contributed by atoms with Crippen molar-refractivity contribution in [3.05, 3.63) is 54.1 Å². The maximum absolute atomic E-state index is 12.9. The summed E-state index contributed by atoms with van der Waals surface area (Å²) in [5.74, 6) is -1.23. The summed E-state index contributed by atoms with van der Waals surface area (Å²) in [5.41, 5.74) is 4.64. The Bertz CT molecular complexity index is 958. The first-order valence-electron chi connectivity index (χ1n) is 7.57. The highest BCUT2D eigenvalue weighted by Gasteiger charge is 2.74. The lowest BCUT2D eigenvalue weighted by molar-refractivity contribution is -0.139. The smallest absolute Gasteiger partial charge is 0.325 e. The third kappa shape index (κ3) is 2.21. The van der Waals surface area contributed by atoms with E-state index < -0.39 is 32.5 Å². The van der Waals surface area contributed by atoms with Crippen LogP contribution >= 0.6 is 0 Å². The van der Waals surface area contributed by atoms with Crippen molar-refractivity contribution in [2.45, 2.75) is 21.6 Å². The van der Waals surface area contributed by atoms with Gasteiger partial charge in [-0.3, -0.25) is 4.79 Å². The molecule has 3 N–H and O–H groups in total. The van der Waals surface area contributed by atoms with Crippen LogP contribution in [0.15, 0.2) is 53.4 Å². The van der Waals surface area contributed by atoms with Gasteiger partial charge in [-0.05, 0) is 29.8 Å². The van der Waals surface area contributed by atoms with Gasteiger partial charge >= 0.3 is 5.97 Å². The molecule has 1 saturated carbocycles. The minimum absolute atomic E-state index is 0.0549. The summed E-state index contributed by atoms with van der Waals surface area (Å²) in [6, 6.07) is 12.6. The van der Waals surface area contributed by atoms with Gasteiger partial charge in [0.1, 0.15) is 10.8 Å². The molecule has 3 unspecified atom stereocenters. The number of sulfone groups is 1. The largest absolute Gasteiger partial charge is 0.480 e. The number of benzene rings is 2. The Balaban J connectivity index is 1.78. The zero-order valence-electron chi connectivity index (χ0n) is 13.0. The van der Waals surface area contributed by atoms with Gasteiger partial charge in [0.25, 0.3) is 0 Å². The van der Waals surface area contributed by atoms with E-state index in [1.165, 1.54) is 12.1 Å². The Labute approximate surface area is 143 Å². The molecule has 1 fully saturated rings. The summed E-state index contributed by atoms with van der Waals surface area (Å²) < 4.78 is 36.4. The number of aliphatic carboxylic acids is 1. The molecule has 2 aromatic carbocycles.